The number of carbonyl (C=O) groups excluding carboxylic acids is 3. The molecule has 1 N–H and O–H groups in total. The molecule has 0 heterocycles. The summed E-state index contributed by atoms with van der Waals surface area (Å²) in [5.74, 6) is -0.761. The summed E-state index contributed by atoms with van der Waals surface area (Å²) in [4.78, 5) is 37.7. The maximum Gasteiger partial charge on any atom is 0.337 e. The molecule has 0 saturated carbocycles. The number of anilines is 2. The fraction of sp³-hybridized carbons (Fsp3) is 0.318. The molecule has 0 aromatic heterocycles. The van der Waals surface area contributed by atoms with Crippen LogP contribution in [0, 0.1) is 6.92 Å². The molecule has 0 aliphatic heterocycles. The van der Waals surface area contributed by atoms with Gasteiger partial charge in [-0.25, -0.2) is 4.79 Å². The summed E-state index contributed by atoms with van der Waals surface area (Å²) in [5, 5.41) is 2.95. The minimum atomic E-state index is -0.459. The van der Waals surface area contributed by atoms with Crippen LogP contribution in [0.2, 0.25) is 0 Å². The van der Waals surface area contributed by atoms with Crippen molar-refractivity contribution in [2.75, 3.05) is 23.9 Å². The summed E-state index contributed by atoms with van der Waals surface area (Å²) in [5.41, 5.74) is 3.71. The van der Waals surface area contributed by atoms with Gasteiger partial charge in [-0.15, -0.1) is 0 Å². The standard InChI is InChI=1S/C22H26N2O4/c1-14(2)19-8-6-7-15(3)21(19)23-20(26)13-24(16(4)25)18-11-9-17(10-12-18)22(27)28-5/h6-12,14H,13H2,1-5H3,(H,23,26). The first-order chi connectivity index (χ1) is 13.2. The van der Waals surface area contributed by atoms with Crippen LogP contribution >= 0.6 is 0 Å². The first-order valence-corrected chi connectivity index (χ1v) is 9.10. The molecule has 0 aliphatic carbocycles. The van der Waals surface area contributed by atoms with E-state index in [1.165, 1.54) is 18.9 Å². The SMILES string of the molecule is COC(=O)c1ccc(N(CC(=O)Nc2c(C)cccc2C(C)C)C(C)=O)cc1. The molecule has 0 fully saturated rings. The monoisotopic (exact) mass is 382 g/mol. The van der Waals surface area contributed by atoms with Crippen LogP contribution < -0.4 is 10.2 Å². The highest BCUT2D eigenvalue weighted by molar-refractivity contribution is 6.02. The Morgan fingerprint density at radius 1 is 1.07 bits per heavy atom. The number of nitrogens with one attached hydrogen (secondary N) is 1. The van der Waals surface area contributed by atoms with E-state index >= 15 is 0 Å². The van der Waals surface area contributed by atoms with Crippen molar-refractivity contribution in [1.82, 2.24) is 0 Å². The Hall–Kier alpha value is -3.15. The summed E-state index contributed by atoms with van der Waals surface area (Å²) in [6.45, 7) is 7.34. The van der Waals surface area contributed by atoms with Gasteiger partial charge in [0.15, 0.2) is 0 Å². The number of rotatable bonds is 6. The minimum Gasteiger partial charge on any atom is -0.465 e. The number of hydrogen-bond donors (Lipinski definition) is 1. The molecule has 2 aromatic rings. The van der Waals surface area contributed by atoms with E-state index in [9.17, 15) is 14.4 Å². The normalized spacial score (nSPS) is 10.5. The van der Waals surface area contributed by atoms with Gasteiger partial charge in [0, 0.05) is 18.3 Å². The lowest BCUT2D eigenvalue weighted by atomic mass is 9.98. The molecule has 2 aromatic carbocycles. The highest BCUT2D eigenvalue weighted by Crippen LogP contribution is 2.27. The zero-order valence-corrected chi connectivity index (χ0v) is 16.9. The highest BCUT2D eigenvalue weighted by atomic mass is 16.5. The van der Waals surface area contributed by atoms with Crippen molar-refractivity contribution in [3.8, 4) is 0 Å². The van der Waals surface area contributed by atoms with E-state index in [0.29, 0.717) is 11.3 Å². The number of amides is 2. The Labute approximate surface area is 165 Å². The molecule has 0 unspecified atom stereocenters. The molecule has 6 heteroatoms. The van der Waals surface area contributed by atoms with Gasteiger partial charge < -0.3 is 15.0 Å². The summed E-state index contributed by atoms with van der Waals surface area (Å²) >= 11 is 0. The predicted octanol–water partition coefficient (Wildman–Crippen LogP) is 3.90. The van der Waals surface area contributed by atoms with Crippen molar-refractivity contribution in [3.63, 3.8) is 0 Å². The third-order valence-corrected chi connectivity index (χ3v) is 4.47. The number of hydrogen-bond acceptors (Lipinski definition) is 4. The molecule has 2 rings (SSSR count). The molecule has 0 saturated heterocycles. The van der Waals surface area contributed by atoms with E-state index in [2.05, 4.69) is 23.9 Å². The lowest BCUT2D eigenvalue weighted by Gasteiger charge is -2.22. The predicted molar refractivity (Wildman–Crippen MR) is 110 cm³/mol. The van der Waals surface area contributed by atoms with Crippen molar-refractivity contribution in [3.05, 3.63) is 59.2 Å². The number of esters is 1. The van der Waals surface area contributed by atoms with Crippen LogP contribution in [0.5, 0.6) is 0 Å². The third kappa shape index (κ3) is 4.97. The van der Waals surface area contributed by atoms with E-state index in [-0.39, 0.29) is 24.3 Å². The maximum absolute atomic E-state index is 12.7. The molecule has 0 spiro atoms. The first kappa shape index (κ1) is 21.2. The van der Waals surface area contributed by atoms with Crippen molar-refractivity contribution < 1.29 is 19.1 Å². The van der Waals surface area contributed by atoms with E-state index in [0.717, 1.165) is 16.8 Å². The molecular weight excluding hydrogens is 356 g/mol. The molecule has 0 aliphatic rings. The minimum absolute atomic E-state index is 0.126. The number of aryl methyl sites for hydroxylation is 1. The number of ether oxygens (including phenoxy) is 1. The van der Waals surface area contributed by atoms with Crippen molar-refractivity contribution in [1.29, 1.82) is 0 Å². The Kier molecular flexibility index (Phi) is 6.93. The number of benzene rings is 2. The van der Waals surface area contributed by atoms with Gasteiger partial charge in [-0.3, -0.25) is 9.59 Å². The van der Waals surface area contributed by atoms with Crippen LogP contribution in [0.4, 0.5) is 11.4 Å². The molecule has 6 nitrogen and oxygen atoms in total. The Balaban J connectivity index is 2.20. The molecule has 148 valence electrons. The van der Waals surface area contributed by atoms with Crippen LogP contribution in [-0.4, -0.2) is 31.4 Å². The maximum atomic E-state index is 12.7. The van der Waals surface area contributed by atoms with Gasteiger partial charge in [-0.1, -0.05) is 32.0 Å². The molecule has 0 bridgehead atoms. The second-order valence-corrected chi connectivity index (χ2v) is 6.89. The Bertz CT molecular complexity index is 873. The van der Waals surface area contributed by atoms with Gasteiger partial charge in [0.2, 0.25) is 11.8 Å². The van der Waals surface area contributed by atoms with Gasteiger partial charge in [0.25, 0.3) is 0 Å². The average molecular weight is 382 g/mol. The van der Waals surface area contributed by atoms with Crippen LogP contribution in [-0.2, 0) is 14.3 Å². The lowest BCUT2D eigenvalue weighted by Crippen LogP contribution is -2.37. The molecular formula is C22H26N2O4. The summed E-state index contributed by atoms with van der Waals surface area (Å²) in [6, 6.07) is 12.3. The third-order valence-electron chi connectivity index (χ3n) is 4.47. The zero-order chi connectivity index (χ0) is 20.8. The summed E-state index contributed by atoms with van der Waals surface area (Å²) < 4.78 is 4.67. The van der Waals surface area contributed by atoms with Crippen molar-refractivity contribution in [2.45, 2.75) is 33.6 Å². The van der Waals surface area contributed by atoms with Gasteiger partial charge in [0.1, 0.15) is 6.54 Å². The van der Waals surface area contributed by atoms with Crippen LogP contribution in [0.3, 0.4) is 0 Å². The Morgan fingerprint density at radius 2 is 1.71 bits per heavy atom. The van der Waals surface area contributed by atoms with Crippen LogP contribution in [0.15, 0.2) is 42.5 Å². The number of methoxy groups -OCH3 is 1. The lowest BCUT2D eigenvalue weighted by molar-refractivity contribution is -0.120. The number of para-hydroxylation sites is 1. The topological polar surface area (TPSA) is 75.7 Å². The average Bonchev–Trinajstić information content (AvgIpc) is 2.66. The molecule has 28 heavy (non-hydrogen) atoms. The van der Waals surface area contributed by atoms with Gasteiger partial charge in [-0.05, 0) is 48.2 Å². The Morgan fingerprint density at radius 3 is 2.25 bits per heavy atom. The second-order valence-electron chi connectivity index (χ2n) is 6.89. The van der Waals surface area contributed by atoms with E-state index in [1.807, 2.05) is 25.1 Å². The largest absolute Gasteiger partial charge is 0.465 e. The van der Waals surface area contributed by atoms with E-state index in [1.54, 1.807) is 24.3 Å². The van der Waals surface area contributed by atoms with Crippen molar-refractivity contribution >= 4 is 29.2 Å². The van der Waals surface area contributed by atoms with Crippen LogP contribution in [0.1, 0.15) is 48.2 Å². The number of carbonyl (C=O) groups is 3. The summed E-state index contributed by atoms with van der Waals surface area (Å²) in [7, 11) is 1.31. The van der Waals surface area contributed by atoms with Crippen LogP contribution in [0.25, 0.3) is 0 Å². The van der Waals surface area contributed by atoms with Crippen molar-refractivity contribution in [2.24, 2.45) is 0 Å². The fourth-order valence-corrected chi connectivity index (χ4v) is 2.94. The second kappa shape index (κ2) is 9.17. The number of nitrogens with zero attached hydrogens (tertiary/aromatic N) is 1. The van der Waals surface area contributed by atoms with Gasteiger partial charge in [0.05, 0.1) is 12.7 Å². The molecule has 0 atom stereocenters. The van der Waals surface area contributed by atoms with E-state index in [4.69, 9.17) is 0 Å². The first-order valence-electron chi connectivity index (χ1n) is 9.10. The van der Waals surface area contributed by atoms with Gasteiger partial charge >= 0.3 is 5.97 Å². The van der Waals surface area contributed by atoms with Gasteiger partial charge in [-0.2, -0.15) is 0 Å². The fourth-order valence-electron chi connectivity index (χ4n) is 2.94. The van der Waals surface area contributed by atoms with E-state index < -0.39 is 5.97 Å². The quantitative estimate of drug-likeness (QED) is 0.769. The zero-order valence-electron chi connectivity index (χ0n) is 16.9. The molecule has 0 radical (unpaired) electrons. The highest BCUT2D eigenvalue weighted by Gasteiger charge is 2.18. The molecule has 2 amide bonds. The smallest absolute Gasteiger partial charge is 0.337 e. The summed E-state index contributed by atoms with van der Waals surface area (Å²) in [6.07, 6.45) is 0.